The maximum Gasteiger partial charge on any atom is 0.226 e. The van der Waals surface area contributed by atoms with Gasteiger partial charge < -0.3 is 10.1 Å². The summed E-state index contributed by atoms with van der Waals surface area (Å²) < 4.78 is 5.58. The third-order valence-electron chi connectivity index (χ3n) is 3.67. The Hall–Kier alpha value is -2.14. The number of rotatable bonds is 4. The van der Waals surface area contributed by atoms with Crippen molar-refractivity contribution < 1.29 is 9.53 Å². The molecule has 0 spiro atoms. The van der Waals surface area contributed by atoms with E-state index >= 15 is 0 Å². The van der Waals surface area contributed by atoms with Crippen molar-refractivity contribution in [1.29, 1.82) is 0 Å². The zero-order valence-corrected chi connectivity index (χ0v) is 11.8. The zero-order chi connectivity index (χ0) is 14.5. The fourth-order valence-corrected chi connectivity index (χ4v) is 2.54. The van der Waals surface area contributed by atoms with E-state index in [1.807, 2.05) is 30.3 Å². The van der Waals surface area contributed by atoms with E-state index < -0.39 is 0 Å². The summed E-state index contributed by atoms with van der Waals surface area (Å²) in [4.78, 5) is 12.0. The number of nitrogens with zero attached hydrogens (tertiary/aromatic N) is 1. The maximum absolute atomic E-state index is 12.0. The van der Waals surface area contributed by atoms with E-state index in [4.69, 9.17) is 4.74 Å². The number of hydrogen-bond acceptors (Lipinski definition) is 3. The number of amides is 1. The van der Waals surface area contributed by atoms with E-state index in [1.54, 1.807) is 6.20 Å². The topological polar surface area (TPSA) is 67.0 Å². The van der Waals surface area contributed by atoms with Crippen molar-refractivity contribution in [2.75, 3.05) is 11.9 Å². The van der Waals surface area contributed by atoms with Crippen LogP contribution in [0.3, 0.4) is 0 Å². The predicted molar refractivity (Wildman–Crippen MR) is 80.9 cm³/mol. The Kier molecular flexibility index (Phi) is 4.31. The molecule has 2 aromatic rings. The lowest BCUT2D eigenvalue weighted by Gasteiger charge is -2.21. The van der Waals surface area contributed by atoms with Crippen LogP contribution in [-0.2, 0) is 9.53 Å². The van der Waals surface area contributed by atoms with Crippen molar-refractivity contribution in [3.05, 3.63) is 36.5 Å². The monoisotopic (exact) mass is 285 g/mol. The van der Waals surface area contributed by atoms with Gasteiger partial charge in [0.1, 0.15) is 0 Å². The Labute approximate surface area is 123 Å². The van der Waals surface area contributed by atoms with Crippen LogP contribution in [0.5, 0.6) is 0 Å². The van der Waals surface area contributed by atoms with Crippen LogP contribution in [0, 0.1) is 0 Å². The van der Waals surface area contributed by atoms with Gasteiger partial charge in [-0.3, -0.25) is 9.89 Å². The number of hydrogen-bond donors (Lipinski definition) is 2. The second-order valence-electron chi connectivity index (χ2n) is 5.29. The molecule has 0 saturated carbocycles. The summed E-state index contributed by atoms with van der Waals surface area (Å²) in [6, 6.07) is 9.63. The quantitative estimate of drug-likeness (QED) is 0.907. The number of anilines is 1. The number of aromatic nitrogens is 2. The van der Waals surface area contributed by atoms with Gasteiger partial charge in [-0.1, -0.05) is 12.1 Å². The molecule has 0 bridgehead atoms. The molecule has 0 aliphatic carbocycles. The fourth-order valence-electron chi connectivity index (χ4n) is 2.54. The van der Waals surface area contributed by atoms with Gasteiger partial charge in [-0.05, 0) is 43.0 Å². The predicted octanol–water partition coefficient (Wildman–Crippen LogP) is 2.97. The van der Waals surface area contributed by atoms with Crippen molar-refractivity contribution >= 4 is 11.6 Å². The molecule has 1 atom stereocenters. The molecule has 1 aromatic carbocycles. The lowest BCUT2D eigenvalue weighted by Crippen LogP contribution is -2.25. The van der Waals surface area contributed by atoms with Crippen LogP contribution in [0.4, 0.5) is 5.69 Å². The van der Waals surface area contributed by atoms with Gasteiger partial charge in [0.2, 0.25) is 5.91 Å². The van der Waals surface area contributed by atoms with Crippen molar-refractivity contribution in [2.45, 2.75) is 31.8 Å². The molecule has 110 valence electrons. The zero-order valence-electron chi connectivity index (χ0n) is 11.8. The molecule has 1 amide bonds. The fraction of sp³-hybridized carbons (Fsp3) is 0.375. The van der Waals surface area contributed by atoms with Gasteiger partial charge in [0.15, 0.2) is 0 Å². The minimum atomic E-state index is 0.0104. The number of benzene rings is 1. The largest absolute Gasteiger partial charge is 0.378 e. The Morgan fingerprint density at radius 1 is 1.29 bits per heavy atom. The first-order valence-corrected chi connectivity index (χ1v) is 7.32. The normalized spacial score (nSPS) is 18.4. The van der Waals surface area contributed by atoms with Gasteiger partial charge in [-0.15, -0.1) is 0 Å². The first-order valence-electron chi connectivity index (χ1n) is 7.32. The first-order chi connectivity index (χ1) is 10.3. The number of carbonyl (C=O) groups is 1. The van der Waals surface area contributed by atoms with Gasteiger partial charge in [-0.25, -0.2) is 0 Å². The summed E-state index contributed by atoms with van der Waals surface area (Å²) in [6.07, 6.45) is 5.45. The van der Waals surface area contributed by atoms with Crippen LogP contribution in [0.2, 0.25) is 0 Å². The summed E-state index contributed by atoms with van der Waals surface area (Å²) >= 11 is 0. The second kappa shape index (κ2) is 6.54. The molecule has 1 unspecified atom stereocenters. The van der Waals surface area contributed by atoms with Crippen LogP contribution < -0.4 is 5.32 Å². The third kappa shape index (κ3) is 3.70. The molecule has 5 heteroatoms. The molecule has 0 radical (unpaired) electrons. The highest BCUT2D eigenvalue weighted by Crippen LogP contribution is 2.20. The third-order valence-corrected chi connectivity index (χ3v) is 3.67. The standard InChI is InChI=1S/C16H19N3O2/c20-16(11-14-3-1-2-10-21-14)18-13-6-4-12(5-7-13)15-8-9-17-19-15/h4-9,14H,1-3,10-11H2,(H,17,19)(H,18,20). The Morgan fingerprint density at radius 2 is 2.14 bits per heavy atom. The van der Waals surface area contributed by atoms with Crippen LogP contribution in [0.1, 0.15) is 25.7 Å². The number of aromatic amines is 1. The van der Waals surface area contributed by atoms with E-state index in [1.165, 1.54) is 0 Å². The molecule has 1 aliphatic heterocycles. The average Bonchev–Trinajstić information content (AvgIpc) is 3.03. The Bertz CT molecular complexity index is 572. The van der Waals surface area contributed by atoms with Gasteiger partial charge in [0.25, 0.3) is 0 Å². The molecule has 5 nitrogen and oxygen atoms in total. The van der Waals surface area contributed by atoms with Crippen LogP contribution >= 0.6 is 0 Å². The molecule has 1 aromatic heterocycles. The highest BCUT2D eigenvalue weighted by atomic mass is 16.5. The minimum absolute atomic E-state index is 0.0104. The Balaban J connectivity index is 1.56. The van der Waals surface area contributed by atoms with Crippen molar-refractivity contribution in [3.8, 4) is 11.3 Å². The van der Waals surface area contributed by atoms with E-state index in [0.717, 1.165) is 42.8 Å². The highest BCUT2D eigenvalue weighted by Gasteiger charge is 2.17. The first kappa shape index (κ1) is 13.8. The molecule has 21 heavy (non-hydrogen) atoms. The van der Waals surface area contributed by atoms with Gasteiger partial charge in [0.05, 0.1) is 18.2 Å². The maximum atomic E-state index is 12.0. The van der Waals surface area contributed by atoms with E-state index in [9.17, 15) is 4.79 Å². The SMILES string of the molecule is O=C(CC1CCCCO1)Nc1ccc(-c2ccn[nH]2)cc1. The molecule has 2 heterocycles. The summed E-state index contributed by atoms with van der Waals surface area (Å²) in [5.41, 5.74) is 2.81. The number of ether oxygens (including phenoxy) is 1. The molecule has 1 fully saturated rings. The molecular weight excluding hydrogens is 266 g/mol. The van der Waals surface area contributed by atoms with E-state index in [-0.39, 0.29) is 12.0 Å². The van der Waals surface area contributed by atoms with Crippen molar-refractivity contribution in [3.63, 3.8) is 0 Å². The summed E-state index contributed by atoms with van der Waals surface area (Å²) in [6.45, 7) is 0.775. The summed E-state index contributed by atoms with van der Waals surface area (Å²) in [7, 11) is 0. The van der Waals surface area contributed by atoms with Crippen molar-refractivity contribution in [1.82, 2.24) is 10.2 Å². The van der Waals surface area contributed by atoms with Gasteiger partial charge in [0, 0.05) is 18.5 Å². The van der Waals surface area contributed by atoms with Crippen LogP contribution in [0.25, 0.3) is 11.3 Å². The van der Waals surface area contributed by atoms with Gasteiger partial charge in [-0.2, -0.15) is 5.10 Å². The molecule has 2 N–H and O–H groups in total. The smallest absolute Gasteiger partial charge is 0.226 e. The number of nitrogens with one attached hydrogen (secondary N) is 2. The summed E-state index contributed by atoms with van der Waals surface area (Å²) in [5.74, 6) is 0.0104. The number of H-pyrrole nitrogens is 1. The second-order valence-corrected chi connectivity index (χ2v) is 5.29. The van der Waals surface area contributed by atoms with Crippen LogP contribution in [0.15, 0.2) is 36.5 Å². The molecule has 1 aliphatic rings. The Morgan fingerprint density at radius 3 is 2.81 bits per heavy atom. The van der Waals surface area contributed by atoms with Gasteiger partial charge >= 0.3 is 0 Å². The lowest BCUT2D eigenvalue weighted by atomic mass is 10.1. The molecular formula is C16H19N3O2. The molecule has 1 saturated heterocycles. The minimum Gasteiger partial charge on any atom is -0.378 e. The highest BCUT2D eigenvalue weighted by molar-refractivity contribution is 5.91. The van der Waals surface area contributed by atoms with Crippen LogP contribution in [-0.4, -0.2) is 28.8 Å². The average molecular weight is 285 g/mol. The number of carbonyl (C=O) groups excluding carboxylic acids is 1. The van der Waals surface area contributed by atoms with E-state index in [2.05, 4.69) is 15.5 Å². The molecule has 3 rings (SSSR count). The lowest BCUT2D eigenvalue weighted by molar-refractivity contribution is -0.119. The summed E-state index contributed by atoms with van der Waals surface area (Å²) in [5, 5.41) is 9.76. The van der Waals surface area contributed by atoms with Crippen molar-refractivity contribution in [2.24, 2.45) is 0 Å². The van der Waals surface area contributed by atoms with E-state index in [0.29, 0.717) is 6.42 Å².